The maximum absolute atomic E-state index is 12.5. The number of rotatable bonds is 4. The SMILES string of the molecule is CCc1ccc(S(=O)(=O)Nc2ccc3c(c2)NC(=O)CCO3)cc1. The van der Waals surface area contributed by atoms with E-state index < -0.39 is 10.0 Å². The molecule has 0 saturated carbocycles. The van der Waals surface area contributed by atoms with Crippen LogP contribution in [0.25, 0.3) is 0 Å². The van der Waals surface area contributed by atoms with Gasteiger partial charge in [-0.25, -0.2) is 8.42 Å². The smallest absolute Gasteiger partial charge is 0.261 e. The second kappa shape index (κ2) is 6.52. The highest BCUT2D eigenvalue weighted by molar-refractivity contribution is 7.92. The molecule has 0 unspecified atom stereocenters. The molecule has 0 aromatic heterocycles. The van der Waals surface area contributed by atoms with Gasteiger partial charge in [0, 0.05) is 0 Å². The first-order valence-corrected chi connectivity index (χ1v) is 9.15. The minimum Gasteiger partial charge on any atom is -0.491 e. The van der Waals surface area contributed by atoms with Crippen molar-refractivity contribution in [3.63, 3.8) is 0 Å². The van der Waals surface area contributed by atoms with E-state index in [1.807, 2.05) is 6.92 Å². The predicted molar refractivity (Wildman–Crippen MR) is 91.8 cm³/mol. The van der Waals surface area contributed by atoms with Gasteiger partial charge in [0.2, 0.25) is 5.91 Å². The molecule has 1 aliphatic rings. The second-order valence-electron chi connectivity index (χ2n) is 5.46. The normalized spacial score (nSPS) is 14.1. The Morgan fingerprint density at radius 3 is 2.62 bits per heavy atom. The molecule has 2 N–H and O–H groups in total. The van der Waals surface area contributed by atoms with Crippen LogP contribution in [0, 0.1) is 0 Å². The van der Waals surface area contributed by atoms with Crippen LogP contribution in [0.1, 0.15) is 18.9 Å². The van der Waals surface area contributed by atoms with Gasteiger partial charge < -0.3 is 10.1 Å². The second-order valence-corrected chi connectivity index (χ2v) is 7.14. The third-order valence-electron chi connectivity index (χ3n) is 3.73. The highest BCUT2D eigenvalue weighted by atomic mass is 32.2. The number of carbonyl (C=O) groups excluding carboxylic acids is 1. The van der Waals surface area contributed by atoms with E-state index in [4.69, 9.17) is 4.74 Å². The van der Waals surface area contributed by atoms with Crippen LogP contribution in [0.3, 0.4) is 0 Å². The zero-order valence-corrected chi connectivity index (χ0v) is 14.0. The minimum atomic E-state index is -3.69. The molecular formula is C17H18N2O4S. The Morgan fingerprint density at radius 1 is 1.17 bits per heavy atom. The molecule has 1 heterocycles. The summed E-state index contributed by atoms with van der Waals surface area (Å²) in [7, 11) is -3.69. The van der Waals surface area contributed by atoms with Crippen molar-refractivity contribution in [3.8, 4) is 5.75 Å². The summed E-state index contributed by atoms with van der Waals surface area (Å²) < 4.78 is 32.9. The van der Waals surface area contributed by atoms with Gasteiger partial charge in [-0.1, -0.05) is 19.1 Å². The lowest BCUT2D eigenvalue weighted by atomic mass is 10.2. The Hall–Kier alpha value is -2.54. The third kappa shape index (κ3) is 3.51. The number of fused-ring (bicyclic) bond motifs is 1. The number of aryl methyl sites for hydroxylation is 1. The van der Waals surface area contributed by atoms with E-state index in [1.165, 1.54) is 0 Å². The number of hydrogen-bond donors (Lipinski definition) is 2. The molecule has 2 aromatic carbocycles. The quantitative estimate of drug-likeness (QED) is 0.891. The van der Waals surface area contributed by atoms with E-state index in [1.54, 1.807) is 42.5 Å². The van der Waals surface area contributed by atoms with Crippen LogP contribution in [0.15, 0.2) is 47.4 Å². The minimum absolute atomic E-state index is 0.163. The first-order valence-electron chi connectivity index (χ1n) is 7.66. The van der Waals surface area contributed by atoms with Crippen molar-refractivity contribution in [2.24, 2.45) is 0 Å². The molecule has 0 radical (unpaired) electrons. The molecule has 24 heavy (non-hydrogen) atoms. The lowest BCUT2D eigenvalue weighted by molar-refractivity contribution is -0.116. The Kier molecular flexibility index (Phi) is 4.44. The zero-order chi connectivity index (χ0) is 17.2. The van der Waals surface area contributed by atoms with E-state index in [2.05, 4.69) is 10.0 Å². The van der Waals surface area contributed by atoms with Crippen LogP contribution in [0.4, 0.5) is 11.4 Å². The third-order valence-corrected chi connectivity index (χ3v) is 5.13. The number of ether oxygens (including phenoxy) is 1. The summed E-state index contributed by atoms with van der Waals surface area (Å²) in [6.45, 7) is 2.31. The number of sulfonamides is 1. The Labute approximate surface area is 140 Å². The van der Waals surface area contributed by atoms with Crippen molar-refractivity contribution in [1.29, 1.82) is 0 Å². The Morgan fingerprint density at radius 2 is 1.92 bits per heavy atom. The maximum Gasteiger partial charge on any atom is 0.261 e. The number of amides is 1. The highest BCUT2D eigenvalue weighted by Gasteiger charge is 2.17. The number of carbonyl (C=O) groups is 1. The molecule has 1 aliphatic heterocycles. The van der Waals surface area contributed by atoms with Crippen LogP contribution in [0.2, 0.25) is 0 Å². The first kappa shape index (κ1) is 16.3. The lowest BCUT2D eigenvalue weighted by Crippen LogP contribution is -2.14. The molecule has 0 bridgehead atoms. The average Bonchev–Trinajstić information content (AvgIpc) is 2.74. The van der Waals surface area contributed by atoms with E-state index in [-0.39, 0.29) is 17.2 Å². The van der Waals surface area contributed by atoms with E-state index >= 15 is 0 Å². The molecule has 126 valence electrons. The fourth-order valence-electron chi connectivity index (χ4n) is 2.40. The largest absolute Gasteiger partial charge is 0.491 e. The van der Waals surface area contributed by atoms with E-state index in [9.17, 15) is 13.2 Å². The Balaban J connectivity index is 1.85. The van der Waals surface area contributed by atoms with Gasteiger partial charge in [0.05, 0.1) is 29.3 Å². The molecular weight excluding hydrogens is 328 g/mol. The number of nitrogens with one attached hydrogen (secondary N) is 2. The standard InChI is InChI=1S/C17H18N2O4S/c1-2-12-3-6-14(7-4-12)24(21,22)19-13-5-8-16-15(11-13)18-17(20)9-10-23-16/h3-8,11,19H,2,9-10H2,1H3,(H,18,20). The zero-order valence-electron chi connectivity index (χ0n) is 13.2. The highest BCUT2D eigenvalue weighted by Crippen LogP contribution is 2.31. The van der Waals surface area contributed by atoms with E-state index in [0.717, 1.165) is 12.0 Å². The number of benzene rings is 2. The van der Waals surface area contributed by atoms with Crippen LogP contribution in [-0.2, 0) is 21.2 Å². The number of anilines is 2. The molecule has 1 amide bonds. The van der Waals surface area contributed by atoms with Gasteiger partial charge in [0.1, 0.15) is 5.75 Å². The fourth-order valence-corrected chi connectivity index (χ4v) is 3.45. The molecule has 2 aromatic rings. The monoisotopic (exact) mass is 346 g/mol. The van der Waals surface area contributed by atoms with Gasteiger partial charge >= 0.3 is 0 Å². The van der Waals surface area contributed by atoms with Gasteiger partial charge in [-0.3, -0.25) is 9.52 Å². The summed E-state index contributed by atoms with van der Waals surface area (Å²) in [5, 5.41) is 2.70. The van der Waals surface area contributed by atoms with Gasteiger partial charge in [-0.05, 0) is 42.3 Å². The topological polar surface area (TPSA) is 84.5 Å². The maximum atomic E-state index is 12.5. The first-order chi connectivity index (χ1) is 11.5. The van der Waals surface area contributed by atoms with Crippen molar-refractivity contribution in [3.05, 3.63) is 48.0 Å². The van der Waals surface area contributed by atoms with Gasteiger partial charge in [-0.2, -0.15) is 0 Å². The van der Waals surface area contributed by atoms with Crippen LogP contribution >= 0.6 is 0 Å². The molecule has 7 heteroatoms. The summed E-state index contributed by atoms with van der Waals surface area (Å²) in [5.74, 6) is 0.361. The van der Waals surface area contributed by atoms with Crippen molar-refractivity contribution < 1.29 is 17.9 Å². The van der Waals surface area contributed by atoms with E-state index in [0.29, 0.717) is 23.7 Å². The fraction of sp³-hybridized carbons (Fsp3) is 0.235. The average molecular weight is 346 g/mol. The lowest BCUT2D eigenvalue weighted by Gasteiger charge is -2.12. The summed E-state index contributed by atoms with van der Waals surface area (Å²) >= 11 is 0. The summed E-state index contributed by atoms with van der Waals surface area (Å²) in [5.41, 5.74) is 1.89. The van der Waals surface area contributed by atoms with Crippen LogP contribution < -0.4 is 14.8 Å². The molecule has 0 atom stereocenters. The van der Waals surface area contributed by atoms with Gasteiger partial charge in [0.25, 0.3) is 10.0 Å². The van der Waals surface area contributed by atoms with Crippen molar-refractivity contribution >= 4 is 27.3 Å². The summed E-state index contributed by atoms with van der Waals surface area (Å²) in [6, 6.07) is 11.5. The molecule has 0 saturated heterocycles. The molecule has 0 fully saturated rings. The molecule has 0 spiro atoms. The van der Waals surface area contributed by atoms with Crippen LogP contribution in [-0.4, -0.2) is 20.9 Å². The van der Waals surface area contributed by atoms with Crippen LogP contribution in [0.5, 0.6) is 5.75 Å². The van der Waals surface area contributed by atoms with Crippen molar-refractivity contribution in [1.82, 2.24) is 0 Å². The van der Waals surface area contributed by atoms with Gasteiger partial charge in [0.15, 0.2) is 0 Å². The molecule has 3 rings (SSSR count). The summed E-state index contributed by atoms with van der Waals surface area (Å²) in [4.78, 5) is 11.8. The molecule has 6 nitrogen and oxygen atoms in total. The van der Waals surface area contributed by atoms with Crippen molar-refractivity contribution in [2.45, 2.75) is 24.7 Å². The summed E-state index contributed by atoms with van der Waals surface area (Å²) in [6.07, 6.45) is 1.11. The number of hydrogen-bond acceptors (Lipinski definition) is 4. The molecule has 0 aliphatic carbocycles. The van der Waals surface area contributed by atoms with Gasteiger partial charge in [-0.15, -0.1) is 0 Å². The Bertz CT molecular complexity index is 861. The van der Waals surface area contributed by atoms with Crippen molar-refractivity contribution in [2.75, 3.05) is 16.6 Å². The predicted octanol–water partition coefficient (Wildman–Crippen LogP) is 2.77.